The Kier molecular flexibility index (Phi) is 5.69. The molecule has 1 aromatic carbocycles. The van der Waals surface area contributed by atoms with Crippen LogP contribution in [0.2, 0.25) is 5.02 Å². The van der Waals surface area contributed by atoms with Crippen LogP contribution >= 0.6 is 11.6 Å². The molecule has 2 aliphatic heterocycles. The molecule has 138 valence electrons. The summed E-state index contributed by atoms with van der Waals surface area (Å²) in [4.78, 5) is 17.1. The molecule has 0 saturated carbocycles. The molecule has 0 spiro atoms. The molecule has 0 N–H and O–H groups in total. The number of amides is 1. The summed E-state index contributed by atoms with van der Waals surface area (Å²) < 4.78 is 14.0. The van der Waals surface area contributed by atoms with Crippen LogP contribution in [0.25, 0.3) is 0 Å². The molecule has 0 radical (unpaired) electrons. The molecule has 0 aromatic heterocycles. The first-order valence-electron chi connectivity index (χ1n) is 9.30. The van der Waals surface area contributed by atoms with Crippen molar-refractivity contribution in [2.45, 2.75) is 46.1 Å². The van der Waals surface area contributed by atoms with Crippen LogP contribution in [-0.2, 0) is 11.3 Å². The fraction of sp³-hybridized carbons (Fsp3) is 0.650. The molecular formula is C20H28ClFN2O. The van der Waals surface area contributed by atoms with Crippen LogP contribution < -0.4 is 0 Å². The molecule has 3 nitrogen and oxygen atoms in total. The molecule has 1 aromatic rings. The summed E-state index contributed by atoms with van der Waals surface area (Å²) >= 11 is 6.13. The first kappa shape index (κ1) is 18.7. The molecule has 0 bridgehead atoms. The molecule has 2 fully saturated rings. The van der Waals surface area contributed by atoms with E-state index in [1.54, 1.807) is 12.1 Å². The fourth-order valence-electron chi connectivity index (χ4n) is 4.11. The summed E-state index contributed by atoms with van der Waals surface area (Å²) in [6.45, 7) is 8.41. The second-order valence-electron chi connectivity index (χ2n) is 8.28. The Bertz CT molecular complexity index is 606. The van der Waals surface area contributed by atoms with E-state index in [1.807, 2.05) is 0 Å². The zero-order chi connectivity index (χ0) is 18.0. The highest BCUT2D eigenvalue weighted by atomic mass is 35.5. The third-order valence-corrected chi connectivity index (χ3v) is 5.95. The van der Waals surface area contributed by atoms with Gasteiger partial charge in [0.15, 0.2) is 0 Å². The van der Waals surface area contributed by atoms with Gasteiger partial charge in [-0.2, -0.15) is 0 Å². The fourth-order valence-corrected chi connectivity index (χ4v) is 4.34. The maximum Gasteiger partial charge on any atom is 0.225 e. The van der Waals surface area contributed by atoms with Crippen LogP contribution in [0.15, 0.2) is 18.2 Å². The quantitative estimate of drug-likeness (QED) is 0.794. The van der Waals surface area contributed by atoms with Gasteiger partial charge in [0.05, 0.1) is 0 Å². The number of hydrogen-bond donors (Lipinski definition) is 0. The van der Waals surface area contributed by atoms with Crippen molar-refractivity contribution in [3.05, 3.63) is 34.6 Å². The van der Waals surface area contributed by atoms with Crippen LogP contribution in [0.1, 0.15) is 45.1 Å². The van der Waals surface area contributed by atoms with Crippen LogP contribution in [0, 0.1) is 17.2 Å². The van der Waals surface area contributed by atoms with Gasteiger partial charge in [0, 0.05) is 36.1 Å². The van der Waals surface area contributed by atoms with Gasteiger partial charge in [-0.3, -0.25) is 9.69 Å². The van der Waals surface area contributed by atoms with E-state index in [2.05, 4.69) is 23.6 Å². The molecule has 2 aliphatic rings. The molecule has 2 heterocycles. The Labute approximate surface area is 155 Å². The number of hydrogen-bond acceptors (Lipinski definition) is 2. The number of carbonyl (C=O) groups excluding carboxylic acids is 1. The maximum absolute atomic E-state index is 14.0. The van der Waals surface area contributed by atoms with Crippen LogP contribution in [0.4, 0.5) is 4.39 Å². The molecule has 0 unspecified atom stereocenters. The van der Waals surface area contributed by atoms with Gasteiger partial charge in [-0.1, -0.05) is 31.5 Å². The third-order valence-electron chi connectivity index (χ3n) is 5.59. The average Bonchev–Trinajstić information content (AvgIpc) is 2.57. The predicted octanol–water partition coefficient (Wildman–Crippen LogP) is 4.34. The first-order valence-corrected chi connectivity index (χ1v) is 9.67. The minimum atomic E-state index is -0.249. The van der Waals surface area contributed by atoms with Gasteiger partial charge in [0.1, 0.15) is 5.82 Å². The van der Waals surface area contributed by atoms with E-state index < -0.39 is 0 Å². The van der Waals surface area contributed by atoms with Crippen molar-refractivity contribution in [2.24, 2.45) is 11.3 Å². The second kappa shape index (κ2) is 7.63. The van der Waals surface area contributed by atoms with Crippen molar-refractivity contribution in [1.82, 2.24) is 9.80 Å². The van der Waals surface area contributed by atoms with Crippen molar-refractivity contribution in [2.75, 3.05) is 26.2 Å². The number of rotatable bonds is 3. The Morgan fingerprint density at radius 3 is 2.64 bits per heavy atom. The van der Waals surface area contributed by atoms with Gasteiger partial charge < -0.3 is 4.90 Å². The Balaban J connectivity index is 1.54. The molecule has 5 heteroatoms. The Morgan fingerprint density at radius 2 is 2.00 bits per heavy atom. The minimum Gasteiger partial charge on any atom is -0.342 e. The lowest BCUT2D eigenvalue weighted by Crippen LogP contribution is -2.48. The lowest BCUT2D eigenvalue weighted by Gasteiger charge is -2.41. The topological polar surface area (TPSA) is 23.6 Å². The van der Waals surface area contributed by atoms with Gasteiger partial charge in [-0.05, 0) is 56.3 Å². The van der Waals surface area contributed by atoms with Crippen molar-refractivity contribution < 1.29 is 9.18 Å². The molecule has 25 heavy (non-hydrogen) atoms. The summed E-state index contributed by atoms with van der Waals surface area (Å²) in [5, 5.41) is 0.480. The SMILES string of the molecule is CC1(C)CCCN(C(=O)C2CCN(Cc3c(F)cccc3Cl)CC2)C1. The average molecular weight is 367 g/mol. The van der Waals surface area contributed by atoms with E-state index in [0.717, 1.165) is 45.4 Å². The van der Waals surface area contributed by atoms with E-state index in [4.69, 9.17) is 11.6 Å². The van der Waals surface area contributed by atoms with Gasteiger partial charge in [-0.15, -0.1) is 0 Å². The standard InChI is InChI=1S/C20H28ClFN2O/c1-20(2)9-4-10-24(14-20)19(25)15-7-11-23(12-8-15)13-16-17(21)5-3-6-18(16)22/h3,5-6,15H,4,7-14H2,1-2H3. The van der Waals surface area contributed by atoms with Crippen molar-refractivity contribution in [1.29, 1.82) is 0 Å². The lowest BCUT2D eigenvalue weighted by molar-refractivity contribution is -0.140. The maximum atomic E-state index is 14.0. The highest BCUT2D eigenvalue weighted by molar-refractivity contribution is 6.31. The van der Waals surface area contributed by atoms with Crippen LogP contribution in [0.3, 0.4) is 0 Å². The first-order chi connectivity index (χ1) is 11.9. The zero-order valence-corrected chi connectivity index (χ0v) is 16.0. The van der Waals surface area contributed by atoms with Gasteiger partial charge >= 0.3 is 0 Å². The van der Waals surface area contributed by atoms with Gasteiger partial charge in [0.25, 0.3) is 0 Å². The lowest BCUT2D eigenvalue weighted by atomic mass is 9.83. The van der Waals surface area contributed by atoms with Crippen LogP contribution in [-0.4, -0.2) is 41.9 Å². The Hall–Kier alpha value is -1.13. The predicted molar refractivity (Wildman–Crippen MR) is 99.0 cm³/mol. The van der Waals surface area contributed by atoms with E-state index in [0.29, 0.717) is 23.0 Å². The monoisotopic (exact) mass is 366 g/mol. The van der Waals surface area contributed by atoms with Crippen molar-refractivity contribution in [3.63, 3.8) is 0 Å². The number of nitrogens with zero attached hydrogens (tertiary/aromatic N) is 2. The Morgan fingerprint density at radius 1 is 1.28 bits per heavy atom. The largest absolute Gasteiger partial charge is 0.342 e. The normalized spacial score (nSPS) is 22.2. The summed E-state index contributed by atoms with van der Waals surface area (Å²) in [5.74, 6) is 0.179. The molecule has 0 atom stereocenters. The summed E-state index contributed by atoms with van der Waals surface area (Å²) in [6, 6.07) is 4.82. The van der Waals surface area contributed by atoms with Gasteiger partial charge in [-0.25, -0.2) is 4.39 Å². The highest BCUT2D eigenvalue weighted by Gasteiger charge is 2.34. The third kappa shape index (κ3) is 4.53. The van der Waals surface area contributed by atoms with E-state index in [-0.39, 0.29) is 17.2 Å². The number of likely N-dealkylation sites (tertiary alicyclic amines) is 2. The number of piperidine rings is 2. The number of benzene rings is 1. The van der Waals surface area contributed by atoms with Crippen molar-refractivity contribution >= 4 is 17.5 Å². The molecule has 0 aliphatic carbocycles. The zero-order valence-electron chi connectivity index (χ0n) is 15.2. The van der Waals surface area contributed by atoms with Crippen molar-refractivity contribution in [3.8, 4) is 0 Å². The van der Waals surface area contributed by atoms with Gasteiger partial charge in [0.2, 0.25) is 5.91 Å². The molecule has 3 rings (SSSR count). The molecule has 1 amide bonds. The summed E-state index contributed by atoms with van der Waals surface area (Å²) in [5.41, 5.74) is 0.794. The minimum absolute atomic E-state index is 0.112. The molecule has 2 saturated heterocycles. The highest BCUT2D eigenvalue weighted by Crippen LogP contribution is 2.31. The number of carbonyl (C=O) groups is 1. The summed E-state index contributed by atoms with van der Waals surface area (Å²) in [7, 11) is 0. The van der Waals surface area contributed by atoms with E-state index in [1.165, 1.54) is 12.5 Å². The smallest absolute Gasteiger partial charge is 0.225 e. The van der Waals surface area contributed by atoms with E-state index in [9.17, 15) is 9.18 Å². The summed E-state index contributed by atoms with van der Waals surface area (Å²) in [6.07, 6.45) is 3.99. The molecular weight excluding hydrogens is 339 g/mol. The van der Waals surface area contributed by atoms with Crippen LogP contribution in [0.5, 0.6) is 0 Å². The van der Waals surface area contributed by atoms with E-state index >= 15 is 0 Å². The second-order valence-corrected chi connectivity index (χ2v) is 8.69. The number of halogens is 2.